The number of aliphatic hydroxyl groups is 1. The van der Waals surface area contributed by atoms with Gasteiger partial charge in [0, 0.05) is 16.9 Å². The third-order valence-corrected chi connectivity index (χ3v) is 4.96. The summed E-state index contributed by atoms with van der Waals surface area (Å²) in [4.78, 5) is 0. The van der Waals surface area contributed by atoms with Gasteiger partial charge >= 0.3 is 0 Å². The van der Waals surface area contributed by atoms with E-state index in [2.05, 4.69) is 0 Å². The van der Waals surface area contributed by atoms with Crippen LogP contribution in [0.25, 0.3) is 0 Å². The average Bonchev–Trinajstić information content (AvgIpc) is 2.33. The van der Waals surface area contributed by atoms with Crippen molar-refractivity contribution in [2.75, 3.05) is 6.54 Å². The molecular formula is C13H19Cl2NO. The molecule has 0 aromatic rings. The molecule has 0 bridgehead atoms. The van der Waals surface area contributed by atoms with E-state index in [9.17, 15) is 5.11 Å². The predicted molar refractivity (Wildman–Crippen MR) is 71.9 cm³/mol. The van der Waals surface area contributed by atoms with Gasteiger partial charge < -0.3 is 10.8 Å². The van der Waals surface area contributed by atoms with Gasteiger partial charge in [-0.05, 0) is 31.9 Å². The van der Waals surface area contributed by atoms with Gasteiger partial charge in [-0.3, -0.25) is 0 Å². The summed E-state index contributed by atoms with van der Waals surface area (Å²) in [6, 6.07) is 0. The number of nitrogens with two attached hydrogens (primary N) is 1. The summed E-state index contributed by atoms with van der Waals surface area (Å²) in [5.41, 5.74) is 5.09. The van der Waals surface area contributed by atoms with Crippen LogP contribution in [-0.4, -0.2) is 17.3 Å². The molecule has 1 saturated carbocycles. The van der Waals surface area contributed by atoms with E-state index in [-0.39, 0.29) is 11.8 Å². The third kappa shape index (κ3) is 2.55. The lowest BCUT2D eigenvalue weighted by molar-refractivity contribution is -0.0775. The molecular weight excluding hydrogens is 257 g/mol. The Morgan fingerprint density at radius 2 is 2.18 bits per heavy atom. The molecule has 2 aliphatic rings. The number of rotatable bonds is 2. The van der Waals surface area contributed by atoms with Crippen molar-refractivity contribution in [1.82, 2.24) is 0 Å². The minimum atomic E-state index is -0.707. The number of allylic oxidation sites excluding steroid dienone is 3. The van der Waals surface area contributed by atoms with Crippen LogP contribution in [0.4, 0.5) is 0 Å². The standard InChI is InChI=1S/C13H19Cl2NO/c14-11-5-4-9(7-12(11)15)13(17)6-2-1-3-10(13)8-16/h4-5,9-10,17H,1-3,6-8,16H2/t9?,10-,13+/m0/s1. The molecule has 96 valence electrons. The molecule has 0 spiro atoms. The normalized spacial score (nSPS) is 38.6. The first kappa shape index (κ1) is 13.4. The zero-order valence-electron chi connectivity index (χ0n) is 9.83. The second-order valence-electron chi connectivity index (χ2n) is 5.09. The summed E-state index contributed by atoms with van der Waals surface area (Å²) in [5.74, 6) is 0.221. The number of hydrogen-bond donors (Lipinski definition) is 2. The van der Waals surface area contributed by atoms with E-state index < -0.39 is 5.60 Å². The molecule has 0 aromatic carbocycles. The van der Waals surface area contributed by atoms with E-state index >= 15 is 0 Å². The second kappa shape index (κ2) is 5.31. The highest BCUT2D eigenvalue weighted by molar-refractivity contribution is 6.40. The van der Waals surface area contributed by atoms with Crippen molar-refractivity contribution in [2.45, 2.75) is 37.7 Å². The van der Waals surface area contributed by atoms with Crippen LogP contribution in [0.1, 0.15) is 32.1 Å². The van der Waals surface area contributed by atoms with Crippen molar-refractivity contribution < 1.29 is 5.11 Å². The van der Waals surface area contributed by atoms with Crippen molar-refractivity contribution in [2.24, 2.45) is 17.6 Å². The summed E-state index contributed by atoms with van der Waals surface area (Å²) in [6.45, 7) is 0.538. The van der Waals surface area contributed by atoms with Crippen LogP contribution < -0.4 is 5.73 Å². The predicted octanol–water partition coefficient (Wildman–Crippen LogP) is 3.13. The fraction of sp³-hybridized carbons (Fsp3) is 0.692. The first-order valence-corrected chi connectivity index (χ1v) is 6.98. The van der Waals surface area contributed by atoms with Crippen LogP contribution in [0, 0.1) is 11.8 Å². The SMILES string of the molecule is NC[C@@H]1CCCC[C@@]1(O)C1C=CC(Cl)=C(Cl)C1. The Hall–Kier alpha value is -0.0200. The molecule has 0 aliphatic heterocycles. The lowest BCUT2D eigenvalue weighted by Crippen LogP contribution is -2.49. The van der Waals surface area contributed by atoms with Crippen molar-refractivity contribution >= 4 is 23.2 Å². The molecule has 0 saturated heterocycles. The monoisotopic (exact) mass is 275 g/mol. The van der Waals surface area contributed by atoms with E-state index in [0.29, 0.717) is 23.0 Å². The van der Waals surface area contributed by atoms with Crippen molar-refractivity contribution in [1.29, 1.82) is 0 Å². The minimum Gasteiger partial charge on any atom is -0.389 e. The minimum absolute atomic E-state index is 0.0475. The van der Waals surface area contributed by atoms with Gasteiger partial charge in [-0.25, -0.2) is 0 Å². The third-order valence-electron chi connectivity index (χ3n) is 4.15. The second-order valence-corrected chi connectivity index (χ2v) is 5.96. The molecule has 0 heterocycles. The molecule has 1 unspecified atom stereocenters. The number of halogens is 2. The van der Waals surface area contributed by atoms with Gasteiger partial charge in [-0.2, -0.15) is 0 Å². The van der Waals surface area contributed by atoms with Crippen LogP contribution in [0.5, 0.6) is 0 Å². The maximum atomic E-state index is 10.9. The summed E-state index contributed by atoms with van der Waals surface area (Å²) >= 11 is 12.0. The van der Waals surface area contributed by atoms with E-state index in [4.69, 9.17) is 28.9 Å². The fourth-order valence-electron chi connectivity index (χ4n) is 3.06. The fourth-order valence-corrected chi connectivity index (χ4v) is 3.44. The highest BCUT2D eigenvalue weighted by Gasteiger charge is 2.44. The van der Waals surface area contributed by atoms with Gasteiger partial charge in [0.25, 0.3) is 0 Å². The number of hydrogen-bond acceptors (Lipinski definition) is 2. The molecule has 3 N–H and O–H groups in total. The first-order valence-electron chi connectivity index (χ1n) is 6.22. The Morgan fingerprint density at radius 1 is 1.41 bits per heavy atom. The Bertz CT molecular complexity index is 353. The summed E-state index contributed by atoms with van der Waals surface area (Å²) in [7, 11) is 0. The van der Waals surface area contributed by atoms with Crippen LogP contribution in [-0.2, 0) is 0 Å². The Labute approximate surface area is 112 Å². The van der Waals surface area contributed by atoms with Crippen molar-refractivity contribution in [3.63, 3.8) is 0 Å². The van der Waals surface area contributed by atoms with Gasteiger partial charge in [0.1, 0.15) is 0 Å². The zero-order valence-corrected chi connectivity index (χ0v) is 11.3. The molecule has 4 heteroatoms. The van der Waals surface area contributed by atoms with E-state index in [1.54, 1.807) is 6.08 Å². The molecule has 2 nitrogen and oxygen atoms in total. The molecule has 3 atom stereocenters. The van der Waals surface area contributed by atoms with Crippen molar-refractivity contribution in [3.8, 4) is 0 Å². The smallest absolute Gasteiger partial charge is 0.0753 e. The maximum absolute atomic E-state index is 10.9. The van der Waals surface area contributed by atoms with Crippen molar-refractivity contribution in [3.05, 3.63) is 22.2 Å². The molecule has 17 heavy (non-hydrogen) atoms. The Kier molecular flexibility index (Phi) is 4.19. The first-order chi connectivity index (χ1) is 8.08. The Balaban J connectivity index is 2.18. The van der Waals surface area contributed by atoms with Crippen LogP contribution in [0.15, 0.2) is 22.2 Å². The topological polar surface area (TPSA) is 46.2 Å². The quantitative estimate of drug-likeness (QED) is 0.814. The zero-order chi connectivity index (χ0) is 12.5. The van der Waals surface area contributed by atoms with E-state index in [1.165, 1.54) is 0 Å². The molecule has 0 aromatic heterocycles. The maximum Gasteiger partial charge on any atom is 0.0753 e. The van der Waals surface area contributed by atoms with Crippen LogP contribution >= 0.6 is 23.2 Å². The van der Waals surface area contributed by atoms with Gasteiger partial charge in [-0.15, -0.1) is 0 Å². The molecule has 0 radical (unpaired) electrons. The summed E-state index contributed by atoms with van der Waals surface area (Å²) in [6.07, 6.45) is 8.46. The van der Waals surface area contributed by atoms with Gasteiger partial charge in [-0.1, -0.05) is 42.1 Å². The van der Waals surface area contributed by atoms with Gasteiger partial charge in [0.15, 0.2) is 0 Å². The largest absolute Gasteiger partial charge is 0.389 e. The Morgan fingerprint density at radius 3 is 2.82 bits per heavy atom. The molecule has 2 rings (SSSR count). The lowest BCUT2D eigenvalue weighted by atomic mass is 9.67. The molecule has 0 amide bonds. The molecule has 2 aliphatic carbocycles. The molecule has 1 fully saturated rings. The van der Waals surface area contributed by atoms with Gasteiger partial charge in [0.05, 0.1) is 10.6 Å². The highest BCUT2D eigenvalue weighted by atomic mass is 35.5. The van der Waals surface area contributed by atoms with Crippen LogP contribution in [0.2, 0.25) is 0 Å². The van der Waals surface area contributed by atoms with E-state index in [1.807, 2.05) is 6.08 Å². The van der Waals surface area contributed by atoms with Crippen LogP contribution in [0.3, 0.4) is 0 Å². The summed E-state index contributed by atoms with van der Waals surface area (Å²) < 4.78 is 0. The average molecular weight is 276 g/mol. The van der Waals surface area contributed by atoms with E-state index in [0.717, 1.165) is 25.7 Å². The van der Waals surface area contributed by atoms with Gasteiger partial charge in [0.2, 0.25) is 0 Å². The summed E-state index contributed by atoms with van der Waals surface area (Å²) in [5, 5.41) is 12.1. The highest BCUT2D eigenvalue weighted by Crippen LogP contribution is 2.44. The lowest BCUT2D eigenvalue weighted by Gasteiger charge is -2.44.